The van der Waals surface area contributed by atoms with E-state index in [1.807, 2.05) is 24.3 Å². The molecule has 1 aliphatic carbocycles. The fourth-order valence-electron chi connectivity index (χ4n) is 10.3. The Kier molecular flexibility index (Phi) is 7.49. The highest BCUT2D eigenvalue weighted by atomic mass is 16.5. The average Bonchev–Trinajstić information content (AvgIpc) is 3.64. The molecule has 288 valence electrons. The molecule has 62 heavy (non-hydrogen) atoms. The van der Waals surface area contributed by atoms with Gasteiger partial charge in [0.05, 0.1) is 27.8 Å². The molecule has 2 aliphatic rings. The van der Waals surface area contributed by atoms with E-state index in [1.54, 1.807) is 0 Å². The number of para-hydroxylation sites is 3. The van der Waals surface area contributed by atoms with E-state index >= 15 is 0 Å². The molecule has 4 nitrogen and oxygen atoms in total. The third kappa shape index (κ3) is 4.92. The molecule has 0 bridgehead atoms. The Balaban J connectivity index is 1.07. The summed E-state index contributed by atoms with van der Waals surface area (Å²) in [6.45, 7) is 0. The zero-order chi connectivity index (χ0) is 40.8. The summed E-state index contributed by atoms with van der Waals surface area (Å²) in [5.41, 5.74) is 15.4. The first-order chi connectivity index (χ1) is 30.8. The maximum absolute atomic E-state index is 7.58. The second-order valence-electron chi connectivity index (χ2n) is 16.2. The zero-order valence-corrected chi connectivity index (χ0v) is 33.5. The molecule has 0 saturated carbocycles. The normalized spacial score (nSPS) is 13.1. The van der Waals surface area contributed by atoms with Crippen LogP contribution in [0.5, 0.6) is 11.5 Å². The van der Waals surface area contributed by atoms with Gasteiger partial charge in [0.15, 0.2) is 5.82 Å². The first-order valence-corrected chi connectivity index (χ1v) is 21.1. The highest BCUT2D eigenvalue weighted by Crippen LogP contribution is 2.64. The molecule has 2 aromatic heterocycles. The Morgan fingerprint density at radius 3 is 1.55 bits per heavy atom. The van der Waals surface area contributed by atoms with Gasteiger partial charge in [-0.25, -0.2) is 15.0 Å². The van der Waals surface area contributed by atoms with Gasteiger partial charge in [0.2, 0.25) is 0 Å². The van der Waals surface area contributed by atoms with Crippen LogP contribution >= 0.6 is 0 Å². The Morgan fingerprint density at radius 1 is 0.306 bits per heavy atom. The maximum Gasteiger partial charge on any atom is 0.160 e. The van der Waals surface area contributed by atoms with E-state index in [-0.39, 0.29) is 0 Å². The van der Waals surface area contributed by atoms with Crippen LogP contribution < -0.4 is 4.74 Å². The highest BCUT2D eigenvalue weighted by Gasteiger charge is 2.52. The lowest BCUT2D eigenvalue weighted by molar-refractivity contribution is 0.444. The molecule has 1 spiro atoms. The number of aromatic nitrogens is 3. The van der Waals surface area contributed by atoms with Crippen LogP contribution in [-0.2, 0) is 5.41 Å². The zero-order valence-electron chi connectivity index (χ0n) is 33.5. The number of hydrogen-bond acceptors (Lipinski definition) is 4. The van der Waals surface area contributed by atoms with Gasteiger partial charge >= 0.3 is 0 Å². The summed E-state index contributed by atoms with van der Waals surface area (Å²) in [5, 5.41) is 4.20. The van der Waals surface area contributed by atoms with Crippen LogP contribution in [0.4, 0.5) is 0 Å². The second-order valence-corrected chi connectivity index (χ2v) is 16.2. The predicted octanol–water partition coefficient (Wildman–Crippen LogP) is 14.5. The topological polar surface area (TPSA) is 47.9 Å². The Labute approximate surface area is 358 Å². The molecule has 0 fully saturated rings. The van der Waals surface area contributed by atoms with E-state index in [4.69, 9.17) is 19.7 Å². The number of rotatable bonds is 4. The van der Waals surface area contributed by atoms with E-state index in [0.29, 0.717) is 5.82 Å². The molecule has 1 aliphatic heterocycles. The van der Waals surface area contributed by atoms with Crippen molar-refractivity contribution in [2.24, 2.45) is 0 Å². The van der Waals surface area contributed by atoms with Crippen LogP contribution in [0.2, 0.25) is 0 Å². The molecule has 0 saturated heterocycles. The van der Waals surface area contributed by atoms with E-state index in [0.717, 1.165) is 94.4 Å². The quantitative estimate of drug-likeness (QED) is 0.167. The smallest absolute Gasteiger partial charge is 0.160 e. The van der Waals surface area contributed by atoms with Crippen molar-refractivity contribution in [2.45, 2.75) is 5.41 Å². The molecule has 9 aromatic carbocycles. The SMILES string of the molecule is c1ccc(-c2nc(-c3ccc(-c4cccc5c4Oc4c(ccc6c(-c7ccccc7)nc7ccccc7c46)C54c5ccccc5-c5ccccc54)cc3)c3ccccc3n2)cc1. The van der Waals surface area contributed by atoms with Crippen LogP contribution in [0.25, 0.3) is 88.7 Å². The molecule has 0 N–H and O–H groups in total. The third-order valence-corrected chi connectivity index (χ3v) is 12.9. The van der Waals surface area contributed by atoms with Crippen LogP contribution in [0, 0.1) is 0 Å². The van der Waals surface area contributed by atoms with Crippen molar-refractivity contribution in [2.75, 3.05) is 0 Å². The molecular weight excluding hydrogens is 755 g/mol. The van der Waals surface area contributed by atoms with E-state index < -0.39 is 5.41 Å². The monoisotopic (exact) mass is 789 g/mol. The standard InChI is InChI=1S/C58H35N3O/c1-3-16-37(17-4-1)54-45-34-35-49-56(52(45)43-22-9-13-28-50(43)59-54)62-55-40(24-15-27-48(55)58(49)46-25-11-7-20-41(46)42-21-8-12-26-47(42)58)36-30-32-38(33-31-36)53-44-23-10-14-29-51(44)60-57(61-53)39-18-5-2-6-19-39/h1-35H. The minimum absolute atomic E-state index is 0.648. The lowest BCUT2D eigenvalue weighted by Gasteiger charge is -2.40. The molecular formula is C58H35N3O. The molecule has 0 atom stereocenters. The summed E-state index contributed by atoms with van der Waals surface area (Å²) in [6, 6.07) is 75.3. The van der Waals surface area contributed by atoms with Crippen LogP contribution in [0.15, 0.2) is 212 Å². The van der Waals surface area contributed by atoms with Gasteiger partial charge in [0.25, 0.3) is 0 Å². The predicted molar refractivity (Wildman–Crippen MR) is 251 cm³/mol. The van der Waals surface area contributed by atoms with Gasteiger partial charge in [-0.2, -0.15) is 0 Å². The van der Waals surface area contributed by atoms with Crippen LogP contribution in [0.1, 0.15) is 22.3 Å². The second kappa shape index (κ2) is 13.4. The summed E-state index contributed by atoms with van der Waals surface area (Å²) >= 11 is 0. The summed E-state index contributed by atoms with van der Waals surface area (Å²) in [6.07, 6.45) is 0. The van der Waals surface area contributed by atoms with Crippen molar-refractivity contribution in [1.82, 2.24) is 15.0 Å². The number of nitrogens with zero attached hydrogens (tertiary/aromatic N) is 3. The molecule has 0 amide bonds. The highest BCUT2D eigenvalue weighted by molar-refractivity contribution is 6.15. The number of hydrogen-bond donors (Lipinski definition) is 0. The summed E-state index contributed by atoms with van der Waals surface area (Å²) in [5.74, 6) is 2.43. The summed E-state index contributed by atoms with van der Waals surface area (Å²) in [4.78, 5) is 15.4. The summed E-state index contributed by atoms with van der Waals surface area (Å²) < 4.78 is 7.58. The Bertz CT molecular complexity index is 3550. The molecule has 11 aromatic rings. The van der Waals surface area contributed by atoms with E-state index in [1.165, 1.54) is 22.3 Å². The summed E-state index contributed by atoms with van der Waals surface area (Å²) in [7, 11) is 0. The van der Waals surface area contributed by atoms with Crippen molar-refractivity contribution in [3.05, 3.63) is 235 Å². The van der Waals surface area contributed by atoms with E-state index in [2.05, 4.69) is 188 Å². The molecule has 3 heterocycles. The van der Waals surface area contributed by atoms with Crippen molar-refractivity contribution in [3.8, 4) is 67.7 Å². The molecule has 13 rings (SSSR count). The number of pyridine rings is 1. The lowest BCUT2D eigenvalue weighted by atomic mass is 9.65. The Hall–Kier alpha value is -8.21. The van der Waals surface area contributed by atoms with Gasteiger partial charge in [0.1, 0.15) is 11.5 Å². The van der Waals surface area contributed by atoms with E-state index in [9.17, 15) is 0 Å². The van der Waals surface area contributed by atoms with Gasteiger partial charge in [-0.15, -0.1) is 0 Å². The minimum atomic E-state index is -0.648. The largest absolute Gasteiger partial charge is 0.455 e. The maximum atomic E-state index is 7.58. The molecule has 0 radical (unpaired) electrons. The number of ether oxygens (including phenoxy) is 1. The lowest BCUT2D eigenvalue weighted by Crippen LogP contribution is -2.32. The fraction of sp³-hybridized carbons (Fsp3) is 0.0172. The van der Waals surface area contributed by atoms with Crippen molar-refractivity contribution in [1.29, 1.82) is 0 Å². The van der Waals surface area contributed by atoms with Crippen LogP contribution in [-0.4, -0.2) is 15.0 Å². The Morgan fingerprint density at radius 2 is 0.823 bits per heavy atom. The van der Waals surface area contributed by atoms with Gasteiger partial charge in [-0.3, -0.25) is 0 Å². The fourth-order valence-corrected chi connectivity index (χ4v) is 10.3. The van der Waals surface area contributed by atoms with Gasteiger partial charge in [-0.1, -0.05) is 200 Å². The van der Waals surface area contributed by atoms with Crippen LogP contribution in [0.3, 0.4) is 0 Å². The third-order valence-electron chi connectivity index (χ3n) is 12.9. The van der Waals surface area contributed by atoms with Crippen molar-refractivity contribution in [3.63, 3.8) is 0 Å². The van der Waals surface area contributed by atoms with Gasteiger partial charge < -0.3 is 4.74 Å². The molecule has 0 unspecified atom stereocenters. The average molecular weight is 790 g/mol. The van der Waals surface area contributed by atoms with Gasteiger partial charge in [-0.05, 0) is 39.9 Å². The minimum Gasteiger partial charge on any atom is -0.455 e. The van der Waals surface area contributed by atoms with Crippen molar-refractivity contribution >= 4 is 32.6 Å². The number of fused-ring (bicyclic) bond motifs is 14. The first-order valence-electron chi connectivity index (χ1n) is 21.1. The number of benzene rings is 9. The van der Waals surface area contributed by atoms with Crippen molar-refractivity contribution < 1.29 is 4.74 Å². The molecule has 4 heteroatoms. The first kappa shape index (κ1) is 34.6. The van der Waals surface area contributed by atoms with Gasteiger partial charge in [0, 0.05) is 54.9 Å².